The van der Waals surface area contributed by atoms with Crippen LogP contribution in [0.15, 0.2) is 0 Å². The van der Waals surface area contributed by atoms with Crippen molar-refractivity contribution in [3.05, 3.63) is 0 Å². The van der Waals surface area contributed by atoms with Crippen LogP contribution in [0.25, 0.3) is 0 Å². The summed E-state index contributed by atoms with van der Waals surface area (Å²) in [7, 11) is 0. The second-order valence-electron chi connectivity index (χ2n) is 5.49. The summed E-state index contributed by atoms with van der Waals surface area (Å²) in [6.45, 7) is 10.5. The molecule has 0 radical (unpaired) electrons. The molecule has 0 aromatic carbocycles. The number of nitrogens with one attached hydrogen (secondary N) is 1. The fraction of sp³-hybridized carbons (Fsp3) is 0.909. The summed E-state index contributed by atoms with van der Waals surface area (Å²) < 4.78 is 0. The van der Waals surface area contributed by atoms with E-state index in [-0.39, 0.29) is 17.2 Å². The molecule has 1 heterocycles. The molecule has 3 atom stereocenters. The molecule has 1 aliphatic rings. The molecular formula is C11H22N2O. The first kappa shape index (κ1) is 11.5. The van der Waals surface area contributed by atoms with Crippen molar-refractivity contribution < 1.29 is 4.79 Å². The SMILES string of the molecule is CC(C1CNCC1C(N)=O)C(C)(C)C. The zero-order chi connectivity index (χ0) is 10.9. The number of hydrogen-bond acceptors (Lipinski definition) is 2. The lowest BCUT2D eigenvalue weighted by Gasteiger charge is -2.34. The lowest BCUT2D eigenvalue weighted by atomic mass is 9.71. The van der Waals surface area contributed by atoms with E-state index >= 15 is 0 Å². The van der Waals surface area contributed by atoms with E-state index in [4.69, 9.17) is 5.73 Å². The summed E-state index contributed by atoms with van der Waals surface area (Å²) in [5, 5.41) is 3.26. The average Bonchev–Trinajstić information content (AvgIpc) is 2.48. The summed E-state index contributed by atoms with van der Waals surface area (Å²) in [6.07, 6.45) is 0. The molecular weight excluding hydrogens is 176 g/mol. The van der Waals surface area contributed by atoms with Gasteiger partial charge in [-0.15, -0.1) is 0 Å². The predicted molar refractivity (Wildman–Crippen MR) is 57.7 cm³/mol. The van der Waals surface area contributed by atoms with Gasteiger partial charge in [-0.05, 0) is 23.8 Å². The number of carbonyl (C=O) groups is 1. The van der Waals surface area contributed by atoms with Crippen LogP contribution in [0.2, 0.25) is 0 Å². The molecule has 3 nitrogen and oxygen atoms in total. The molecule has 0 aromatic heterocycles. The maximum atomic E-state index is 11.2. The Morgan fingerprint density at radius 2 is 2.00 bits per heavy atom. The minimum atomic E-state index is -0.156. The van der Waals surface area contributed by atoms with E-state index in [1.165, 1.54) is 0 Å². The molecule has 1 rings (SSSR count). The third-order valence-electron chi connectivity index (χ3n) is 3.63. The van der Waals surface area contributed by atoms with Gasteiger partial charge in [-0.25, -0.2) is 0 Å². The zero-order valence-electron chi connectivity index (χ0n) is 9.63. The van der Waals surface area contributed by atoms with Gasteiger partial charge >= 0.3 is 0 Å². The Labute approximate surface area is 86.4 Å². The minimum absolute atomic E-state index is 0.0178. The maximum Gasteiger partial charge on any atom is 0.222 e. The average molecular weight is 198 g/mol. The van der Waals surface area contributed by atoms with Crippen molar-refractivity contribution in [2.24, 2.45) is 28.9 Å². The molecule has 3 N–H and O–H groups in total. The monoisotopic (exact) mass is 198 g/mol. The van der Waals surface area contributed by atoms with E-state index in [0.29, 0.717) is 11.8 Å². The Kier molecular flexibility index (Phi) is 3.20. The molecule has 14 heavy (non-hydrogen) atoms. The maximum absolute atomic E-state index is 11.2. The van der Waals surface area contributed by atoms with Gasteiger partial charge in [-0.1, -0.05) is 27.7 Å². The van der Waals surface area contributed by atoms with Gasteiger partial charge in [0.2, 0.25) is 5.91 Å². The van der Waals surface area contributed by atoms with Crippen LogP contribution in [-0.2, 0) is 4.79 Å². The second-order valence-corrected chi connectivity index (χ2v) is 5.49. The molecule has 0 spiro atoms. The lowest BCUT2D eigenvalue weighted by molar-refractivity contribution is -0.123. The first-order valence-corrected chi connectivity index (χ1v) is 5.34. The van der Waals surface area contributed by atoms with Crippen LogP contribution < -0.4 is 11.1 Å². The van der Waals surface area contributed by atoms with Gasteiger partial charge in [-0.3, -0.25) is 4.79 Å². The van der Waals surface area contributed by atoms with Crippen LogP contribution >= 0.6 is 0 Å². The molecule has 1 amide bonds. The standard InChI is InChI=1S/C11H22N2O/c1-7(11(2,3)4)8-5-13-6-9(8)10(12)14/h7-9,13H,5-6H2,1-4H3,(H2,12,14). The predicted octanol–water partition coefficient (Wildman–Crippen LogP) is 0.989. The third-order valence-corrected chi connectivity index (χ3v) is 3.63. The number of amides is 1. The van der Waals surface area contributed by atoms with Gasteiger partial charge in [-0.2, -0.15) is 0 Å². The van der Waals surface area contributed by atoms with Crippen molar-refractivity contribution in [1.29, 1.82) is 0 Å². The highest BCUT2D eigenvalue weighted by Crippen LogP contribution is 2.36. The number of primary amides is 1. The minimum Gasteiger partial charge on any atom is -0.369 e. The fourth-order valence-electron chi connectivity index (χ4n) is 2.18. The van der Waals surface area contributed by atoms with Crippen LogP contribution in [0.4, 0.5) is 0 Å². The summed E-state index contributed by atoms with van der Waals surface area (Å²) in [5.41, 5.74) is 5.63. The van der Waals surface area contributed by atoms with Crippen LogP contribution in [-0.4, -0.2) is 19.0 Å². The van der Waals surface area contributed by atoms with Gasteiger partial charge in [0.25, 0.3) is 0 Å². The quantitative estimate of drug-likeness (QED) is 0.695. The number of carbonyl (C=O) groups excluding carboxylic acids is 1. The number of nitrogens with two attached hydrogens (primary N) is 1. The highest BCUT2D eigenvalue weighted by molar-refractivity contribution is 5.77. The van der Waals surface area contributed by atoms with E-state index in [9.17, 15) is 4.79 Å². The van der Waals surface area contributed by atoms with Gasteiger partial charge in [0, 0.05) is 6.54 Å². The van der Waals surface area contributed by atoms with Gasteiger partial charge < -0.3 is 11.1 Å². The zero-order valence-corrected chi connectivity index (χ0v) is 9.63. The van der Waals surface area contributed by atoms with Crippen molar-refractivity contribution in [2.75, 3.05) is 13.1 Å². The van der Waals surface area contributed by atoms with E-state index in [2.05, 4.69) is 33.0 Å². The Morgan fingerprint density at radius 1 is 1.43 bits per heavy atom. The summed E-state index contributed by atoms with van der Waals surface area (Å²) in [6, 6.07) is 0. The molecule has 3 heteroatoms. The van der Waals surface area contributed by atoms with Crippen molar-refractivity contribution >= 4 is 5.91 Å². The molecule has 82 valence electrons. The van der Waals surface area contributed by atoms with E-state index < -0.39 is 0 Å². The van der Waals surface area contributed by atoms with Crippen molar-refractivity contribution in [2.45, 2.75) is 27.7 Å². The Morgan fingerprint density at radius 3 is 2.43 bits per heavy atom. The molecule has 3 unspecified atom stereocenters. The second kappa shape index (κ2) is 3.89. The van der Waals surface area contributed by atoms with Crippen molar-refractivity contribution in [1.82, 2.24) is 5.32 Å². The molecule has 1 fully saturated rings. The fourth-order valence-corrected chi connectivity index (χ4v) is 2.18. The lowest BCUT2D eigenvalue weighted by Crippen LogP contribution is -2.36. The van der Waals surface area contributed by atoms with Crippen molar-refractivity contribution in [3.63, 3.8) is 0 Å². The van der Waals surface area contributed by atoms with Crippen LogP contribution in [0.3, 0.4) is 0 Å². The van der Waals surface area contributed by atoms with Gasteiger partial charge in [0.05, 0.1) is 5.92 Å². The molecule has 0 aliphatic carbocycles. The molecule has 0 aromatic rings. The van der Waals surface area contributed by atoms with E-state index in [0.717, 1.165) is 13.1 Å². The summed E-state index contributed by atoms with van der Waals surface area (Å²) in [5.74, 6) is 0.767. The van der Waals surface area contributed by atoms with Crippen LogP contribution in [0.1, 0.15) is 27.7 Å². The van der Waals surface area contributed by atoms with Gasteiger partial charge in [0.15, 0.2) is 0 Å². The van der Waals surface area contributed by atoms with Crippen LogP contribution in [0.5, 0.6) is 0 Å². The smallest absolute Gasteiger partial charge is 0.222 e. The molecule has 0 bridgehead atoms. The molecule has 0 saturated carbocycles. The van der Waals surface area contributed by atoms with Crippen LogP contribution in [0, 0.1) is 23.2 Å². The summed E-state index contributed by atoms with van der Waals surface area (Å²) >= 11 is 0. The largest absolute Gasteiger partial charge is 0.369 e. The highest BCUT2D eigenvalue weighted by atomic mass is 16.1. The van der Waals surface area contributed by atoms with Crippen molar-refractivity contribution in [3.8, 4) is 0 Å². The topological polar surface area (TPSA) is 55.1 Å². The Hall–Kier alpha value is -0.570. The van der Waals surface area contributed by atoms with Gasteiger partial charge in [0.1, 0.15) is 0 Å². The Bertz CT molecular complexity index is 220. The third kappa shape index (κ3) is 2.27. The first-order valence-electron chi connectivity index (χ1n) is 5.34. The van der Waals surface area contributed by atoms with E-state index in [1.54, 1.807) is 0 Å². The Balaban J connectivity index is 2.72. The highest BCUT2D eigenvalue weighted by Gasteiger charge is 2.39. The molecule has 1 saturated heterocycles. The normalized spacial score (nSPS) is 30.3. The molecule has 1 aliphatic heterocycles. The summed E-state index contributed by atoms with van der Waals surface area (Å²) in [4.78, 5) is 11.2. The van der Waals surface area contributed by atoms with E-state index in [1.807, 2.05) is 0 Å². The first-order chi connectivity index (χ1) is 6.34. The number of hydrogen-bond donors (Lipinski definition) is 2. The number of rotatable bonds is 2.